The molecule has 1 aliphatic heterocycles. The topological polar surface area (TPSA) is 84.0 Å². The van der Waals surface area contributed by atoms with Gasteiger partial charge >= 0.3 is 5.97 Å². The number of aryl methyl sites for hydroxylation is 3. The second-order valence-corrected chi connectivity index (χ2v) is 11.9. The summed E-state index contributed by atoms with van der Waals surface area (Å²) in [6.07, 6.45) is 3.26. The molecule has 0 radical (unpaired) electrons. The molecule has 3 heterocycles. The fourth-order valence-corrected chi connectivity index (χ4v) is 7.06. The number of hydrogen-bond donors (Lipinski definition) is 0. The van der Waals surface area contributed by atoms with Gasteiger partial charge in [0.15, 0.2) is 4.80 Å². The molecule has 44 heavy (non-hydrogen) atoms. The molecule has 1 unspecified atom stereocenters. The minimum Gasteiger partial charge on any atom is -0.497 e. The molecule has 2 aromatic carbocycles. The Balaban J connectivity index is 1.79. The molecule has 5 rings (SSSR count). The van der Waals surface area contributed by atoms with Gasteiger partial charge in [0.1, 0.15) is 17.5 Å². The first-order valence-electron chi connectivity index (χ1n) is 14.8. The van der Waals surface area contributed by atoms with Gasteiger partial charge in [-0.1, -0.05) is 42.9 Å². The van der Waals surface area contributed by atoms with Crippen LogP contribution in [-0.4, -0.2) is 35.9 Å². The molecule has 0 fully saturated rings. The summed E-state index contributed by atoms with van der Waals surface area (Å²) >= 11 is 1.32. The Morgan fingerprint density at radius 2 is 1.75 bits per heavy atom. The number of rotatable bonds is 9. The Bertz CT molecular complexity index is 1940. The molecule has 0 saturated carbocycles. The summed E-state index contributed by atoms with van der Waals surface area (Å²) in [5.74, 6) is 0.613. The number of fused-ring (bicyclic) bond motifs is 1. The lowest BCUT2D eigenvalue weighted by Gasteiger charge is -2.27. The van der Waals surface area contributed by atoms with Gasteiger partial charge in [-0.05, 0) is 88.1 Å². The molecule has 9 heteroatoms. The number of methoxy groups -OCH3 is 2. The SMILES string of the molecule is CCCC1=C(C(=O)OCC)C(c2cc(OC)ccc2OC)n2c(s/c(=C\c3cc(C)n(-c4c(C)cccc4C)c3C)c2=O)=N1. The maximum absolute atomic E-state index is 14.4. The molecular weight excluding hydrogens is 574 g/mol. The van der Waals surface area contributed by atoms with Crippen molar-refractivity contribution in [3.8, 4) is 17.2 Å². The van der Waals surface area contributed by atoms with E-state index in [9.17, 15) is 9.59 Å². The van der Waals surface area contributed by atoms with Gasteiger partial charge < -0.3 is 18.8 Å². The third kappa shape index (κ3) is 5.41. The first kappa shape index (κ1) is 31.1. The number of hydrogen-bond acceptors (Lipinski definition) is 7. The molecule has 8 nitrogen and oxygen atoms in total. The molecule has 4 aromatic rings. The summed E-state index contributed by atoms with van der Waals surface area (Å²) in [4.78, 5) is 33.4. The molecule has 1 aliphatic rings. The molecule has 2 aromatic heterocycles. The highest BCUT2D eigenvalue weighted by Gasteiger charge is 2.36. The monoisotopic (exact) mass is 613 g/mol. The number of aromatic nitrogens is 2. The Hall–Kier alpha value is -4.37. The van der Waals surface area contributed by atoms with E-state index in [1.165, 1.54) is 22.5 Å². The van der Waals surface area contributed by atoms with Crippen LogP contribution in [0.3, 0.4) is 0 Å². The van der Waals surface area contributed by atoms with E-state index in [1.807, 2.05) is 19.1 Å². The summed E-state index contributed by atoms with van der Waals surface area (Å²) < 4.78 is 21.2. The lowest BCUT2D eigenvalue weighted by molar-refractivity contribution is -0.139. The lowest BCUT2D eigenvalue weighted by atomic mass is 9.93. The minimum absolute atomic E-state index is 0.199. The maximum Gasteiger partial charge on any atom is 0.338 e. The summed E-state index contributed by atoms with van der Waals surface area (Å²) in [7, 11) is 3.15. The Morgan fingerprint density at radius 1 is 1.02 bits per heavy atom. The number of carbonyl (C=O) groups is 1. The summed E-state index contributed by atoms with van der Waals surface area (Å²) in [6.45, 7) is 12.4. The first-order chi connectivity index (χ1) is 21.1. The second kappa shape index (κ2) is 12.7. The number of allylic oxidation sites excluding steroid dienone is 1. The molecule has 0 amide bonds. The van der Waals surface area contributed by atoms with Gasteiger partial charge in [0.05, 0.1) is 42.3 Å². The van der Waals surface area contributed by atoms with Crippen molar-refractivity contribution in [1.29, 1.82) is 0 Å². The van der Waals surface area contributed by atoms with Gasteiger partial charge in [-0.15, -0.1) is 0 Å². The number of nitrogens with zero attached hydrogens (tertiary/aromatic N) is 3. The Kier molecular flexibility index (Phi) is 8.97. The molecule has 0 bridgehead atoms. The second-order valence-electron chi connectivity index (χ2n) is 10.9. The lowest BCUT2D eigenvalue weighted by Crippen LogP contribution is -2.40. The summed E-state index contributed by atoms with van der Waals surface area (Å²) in [6, 6.07) is 13.0. The van der Waals surface area contributed by atoms with Gasteiger partial charge in [0.25, 0.3) is 5.56 Å². The van der Waals surface area contributed by atoms with Crippen molar-refractivity contribution in [2.45, 2.75) is 60.4 Å². The van der Waals surface area contributed by atoms with Crippen molar-refractivity contribution in [3.05, 3.63) is 107 Å². The normalized spacial score (nSPS) is 14.8. The standard InChI is InChI=1S/C35H39N3O5S/c1-9-12-27-30(34(40)43-10-2)32(26-19-25(41-7)15-16-28(26)42-8)38-33(39)29(44-35(38)36-27)18-24-17-22(5)37(23(24)6)31-20(3)13-11-14-21(31)4/h11,13-19,32H,9-10,12H2,1-8H3/b29-18-. The number of para-hydroxylation sites is 1. The van der Waals surface area contributed by atoms with Crippen molar-refractivity contribution in [2.24, 2.45) is 4.99 Å². The zero-order valence-corrected chi connectivity index (χ0v) is 27.4. The fraction of sp³-hybridized carbons (Fsp3) is 0.343. The first-order valence-corrected chi connectivity index (χ1v) is 15.7. The Labute approximate surface area is 261 Å². The average molecular weight is 614 g/mol. The van der Waals surface area contributed by atoms with E-state index in [-0.39, 0.29) is 12.2 Å². The highest BCUT2D eigenvalue weighted by molar-refractivity contribution is 7.07. The van der Waals surface area contributed by atoms with Crippen LogP contribution >= 0.6 is 11.3 Å². The molecule has 1 atom stereocenters. The minimum atomic E-state index is -0.805. The maximum atomic E-state index is 14.4. The molecule has 0 aliphatic carbocycles. The summed E-state index contributed by atoms with van der Waals surface area (Å²) in [5.41, 5.74) is 7.91. The summed E-state index contributed by atoms with van der Waals surface area (Å²) in [5, 5.41) is 0. The predicted molar refractivity (Wildman–Crippen MR) is 174 cm³/mol. The van der Waals surface area contributed by atoms with Crippen LogP contribution in [0.4, 0.5) is 0 Å². The third-order valence-electron chi connectivity index (χ3n) is 8.04. The van der Waals surface area contributed by atoms with E-state index in [0.29, 0.717) is 44.1 Å². The van der Waals surface area contributed by atoms with Crippen molar-refractivity contribution in [1.82, 2.24) is 9.13 Å². The van der Waals surface area contributed by atoms with Gasteiger partial charge in [-0.3, -0.25) is 9.36 Å². The largest absolute Gasteiger partial charge is 0.497 e. The highest BCUT2D eigenvalue weighted by Crippen LogP contribution is 2.39. The highest BCUT2D eigenvalue weighted by atomic mass is 32.1. The van der Waals surface area contributed by atoms with Crippen LogP contribution in [0.5, 0.6) is 11.5 Å². The number of esters is 1. The average Bonchev–Trinajstić information content (AvgIpc) is 3.46. The van der Waals surface area contributed by atoms with Crippen molar-refractivity contribution >= 4 is 23.4 Å². The van der Waals surface area contributed by atoms with E-state index in [0.717, 1.165) is 29.1 Å². The van der Waals surface area contributed by atoms with E-state index < -0.39 is 12.0 Å². The zero-order chi connectivity index (χ0) is 31.7. The van der Waals surface area contributed by atoms with Crippen molar-refractivity contribution in [2.75, 3.05) is 20.8 Å². The molecule has 230 valence electrons. The fourth-order valence-electron chi connectivity index (χ4n) is 6.05. The van der Waals surface area contributed by atoms with Crippen LogP contribution in [-0.2, 0) is 9.53 Å². The smallest absolute Gasteiger partial charge is 0.338 e. The van der Waals surface area contributed by atoms with E-state index in [2.05, 4.69) is 56.5 Å². The number of thiazole rings is 1. The van der Waals surface area contributed by atoms with E-state index >= 15 is 0 Å². The zero-order valence-electron chi connectivity index (χ0n) is 26.6. The Morgan fingerprint density at radius 3 is 2.39 bits per heavy atom. The van der Waals surface area contributed by atoms with Gasteiger partial charge in [0, 0.05) is 17.0 Å². The van der Waals surface area contributed by atoms with Crippen LogP contribution in [0.15, 0.2) is 63.5 Å². The van der Waals surface area contributed by atoms with Crippen molar-refractivity contribution < 1.29 is 19.0 Å². The van der Waals surface area contributed by atoms with Crippen LogP contribution in [0.1, 0.15) is 66.4 Å². The number of benzene rings is 2. The number of carbonyl (C=O) groups excluding carboxylic acids is 1. The van der Waals surface area contributed by atoms with Gasteiger partial charge in [-0.25, -0.2) is 9.79 Å². The van der Waals surface area contributed by atoms with E-state index in [4.69, 9.17) is 19.2 Å². The van der Waals surface area contributed by atoms with E-state index in [1.54, 1.807) is 37.8 Å². The molecule has 0 N–H and O–H groups in total. The van der Waals surface area contributed by atoms with Crippen LogP contribution in [0.25, 0.3) is 11.8 Å². The van der Waals surface area contributed by atoms with Gasteiger partial charge in [0.2, 0.25) is 0 Å². The van der Waals surface area contributed by atoms with Crippen LogP contribution < -0.4 is 24.4 Å². The third-order valence-corrected chi connectivity index (χ3v) is 9.03. The van der Waals surface area contributed by atoms with Crippen LogP contribution in [0.2, 0.25) is 0 Å². The quantitative estimate of drug-likeness (QED) is 0.229. The predicted octanol–water partition coefficient (Wildman–Crippen LogP) is 5.62. The van der Waals surface area contributed by atoms with Gasteiger partial charge in [-0.2, -0.15) is 0 Å². The molecule has 0 spiro atoms. The van der Waals surface area contributed by atoms with Crippen molar-refractivity contribution in [3.63, 3.8) is 0 Å². The van der Waals surface area contributed by atoms with Crippen LogP contribution in [0, 0.1) is 27.7 Å². The molecular formula is C35H39N3O5S. The number of ether oxygens (including phenoxy) is 3. The molecule has 0 saturated heterocycles.